The third-order valence-electron chi connectivity index (χ3n) is 5.26. The second-order valence-electron chi connectivity index (χ2n) is 7.63. The summed E-state index contributed by atoms with van der Waals surface area (Å²) in [5, 5.41) is 17.2. The summed E-state index contributed by atoms with van der Waals surface area (Å²) < 4.78 is 65.4. The highest BCUT2D eigenvalue weighted by atomic mass is 19.4. The summed E-state index contributed by atoms with van der Waals surface area (Å²) >= 11 is 0. The first-order chi connectivity index (χ1) is 17.1. The lowest BCUT2D eigenvalue weighted by Crippen LogP contribution is -2.47. The van der Waals surface area contributed by atoms with Gasteiger partial charge in [0.05, 0.1) is 34.9 Å². The van der Waals surface area contributed by atoms with Crippen molar-refractivity contribution in [2.45, 2.75) is 25.2 Å². The van der Waals surface area contributed by atoms with Crippen molar-refractivity contribution in [1.29, 1.82) is 0 Å². The molecule has 5 rings (SSSR count). The lowest BCUT2D eigenvalue weighted by molar-refractivity contribution is -0.192. The number of carboxylic acids is 1. The Hall–Kier alpha value is -4.14. The number of halogens is 5. The van der Waals surface area contributed by atoms with Gasteiger partial charge in [-0.25, -0.2) is 9.59 Å². The van der Waals surface area contributed by atoms with Crippen LogP contribution in [0.4, 0.5) is 22.0 Å². The number of aliphatic carboxylic acids is 1. The number of para-hydroxylation sites is 2. The molecule has 1 aromatic carbocycles. The highest BCUT2D eigenvalue weighted by Crippen LogP contribution is 2.24. The van der Waals surface area contributed by atoms with Crippen LogP contribution in [0.25, 0.3) is 22.5 Å². The van der Waals surface area contributed by atoms with E-state index in [4.69, 9.17) is 14.3 Å². The van der Waals surface area contributed by atoms with Gasteiger partial charge in [0.2, 0.25) is 5.89 Å². The molecule has 0 radical (unpaired) electrons. The van der Waals surface area contributed by atoms with E-state index in [0.717, 1.165) is 24.1 Å². The molecule has 1 aliphatic heterocycles. The summed E-state index contributed by atoms with van der Waals surface area (Å²) in [6, 6.07) is 11.2. The molecule has 0 saturated carbocycles. The van der Waals surface area contributed by atoms with Gasteiger partial charge in [-0.15, -0.1) is 10.2 Å². The molecule has 15 heteroatoms. The highest BCUT2D eigenvalue weighted by Gasteiger charge is 2.38. The topological polar surface area (TPSA) is 128 Å². The number of imidazole rings is 1. The smallest absolute Gasteiger partial charge is 0.475 e. The predicted molar refractivity (Wildman–Crippen MR) is 113 cm³/mol. The summed E-state index contributed by atoms with van der Waals surface area (Å²) in [4.78, 5) is 26.3. The predicted octanol–water partition coefficient (Wildman–Crippen LogP) is 3.01. The van der Waals surface area contributed by atoms with Crippen molar-refractivity contribution in [2.24, 2.45) is 0 Å². The van der Waals surface area contributed by atoms with Crippen LogP contribution in [0.15, 0.2) is 51.8 Å². The molecule has 0 spiro atoms. The van der Waals surface area contributed by atoms with Crippen molar-refractivity contribution in [1.82, 2.24) is 29.6 Å². The fourth-order valence-corrected chi connectivity index (χ4v) is 3.44. The summed E-state index contributed by atoms with van der Waals surface area (Å²) in [5.41, 5.74) is 2.74. The number of carbonyl (C=O) groups is 1. The van der Waals surface area contributed by atoms with E-state index < -0.39 is 24.5 Å². The van der Waals surface area contributed by atoms with E-state index in [2.05, 4.69) is 20.5 Å². The van der Waals surface area contributed by atoms with E-state index in [-0.39, 0.29) is 17.6 Å². The summed E-state index contributed by atoms with van der Waals surface area (Å²) in [6.45, 7) is 1.83. The molecule has 0 atom stereocenters. The number of hydrogen-bond acceptors (Lipinski definition) is 7. The van der Waals surface area contributed by atoms with Gasteiger partial charge in [0.1, 0.15) is 0 Å². The molecule has 0 amide bonds. The maximum atomic E-state index is 13.0. The Labute approximate surface area is 198 Å². The van der Waals surface area contributed by atoms with Crippen LogP contribution in [0.1, 0.15) is 24.1 Å². The first-order valence-corrected chi connectivity index (χ1v) is 10.3. The van der Waals surface area contributed by atoms with Crippen molar-refractivity contribution in [3.8, 4) is 11.5 Å². The van der Waals surface area contributed by atoms with Crippen molar-refractivity contribution in [3.63, 3.8) is 0 Å². The zero-order valence-electron chi connectivity index (χ0n) is 18.1. The zero-order chi connectivity index (χ0) is 26.0. The summed E-state index contributed by atoms with van der Waals surface area (Å²) in [7, 11) is 0. The van der Waals surface area contributed by atoms with E-state index in [9.17, 15) is 26.7 Å². The van der Waals surface area contributed by atoms with Crippen LogP contribution in [0.5, 0.6) is 0 Å². The Kier molecular flexibility index (Phi) is 6.83. The zero-order valence-corrected chi connectivity index (χ0v) is 18.1. The van der Waals surface area contributed by atoms with Gasteiger partial charge in [-0.2, -0.15) is 22.0 Å². The molecule has 1 fully saturated rings. The van der Waals surface area contributed by atoms with Gasteiger partial charge in [-0.3, -0.25) is 14.1 Å². The SMILES string of the molecule is O=C(O)C(F)(F)F.O=c1n(Cc2ccc(-c3nnc(C(F)F)o3)cn2)c2ccccc2n1C1CNC1. The quantitative estimate of drug-likeness (QED) is 0.391. The van der Waals surface area contributed by atoms with Crippen molar-refractivity contribution in [3.05, 3.63) is 64.7 Å². The maximum Gasteiger partial charge on any atom is 0.490 e. The second kappa shape index (κ2) is 9.85. The fraction of sp³-hybridized carbons (Fsp3) is 0.286. The number of alkyl halides is 5. The average molecular weight is 512 g/mol. The van der Waals surface area contributed by atoms with Gasteiger partial charge in [0.25, 0.3) is 5.89 Å². The van der Waals surface area contributed by atoms with Gasteiger partial charge in [0.15, 0.2) is 0 Å². The number of aromatic nitrogens is 5. The maximum absolute atomic E-state index is 13.0. The number of nitrogens with one attached hydrogen (secondary N) is 1. The van der Waals surface area contributed by atoms with Crippen LogP contribution in [0.2, 0.25) is 0 Å². The first kappa shape index (κ1) is 25.0. The van der Waals surface area contributed by atoms with Gasteiger partial charge >= 0.3 is 24.3 Å². The minimum atomic E-state index is -5.08. The Morgan fingerprint density at radius 3 is 2.31 bits per heavy atom. The molecule has 3 aromatic heterocycles. The van der Waals surface area contributed by atoms with Crippen molar-refractivity contribution in [2.75, 3.05) is 13.1 Å². The third kappa shape index (κ3) is 5.10. The van der Waals surface area contributed by atoms with Crippen LogP contribution in [0.3, 0.4) is 0 Å². The number of hydrogen-bond donors (Lipinski definition) is 2. The van der Waals surface area contributed by atoms with Crippen molar-refractivity contribution < 1.29 is 36.3 Å². The van der Waals surface area contributed by atoms with Crippen LogP contribution >= 0.6 is 0 Å². The van der Waals surface area contributed by atoms with Crippen molar-refractivity contribution >= 4 is 17.0 Å². The van der Waals surface area contributed by atoms with Gasteiger partial charge in [-0.05, 0) is 24.3 Å². The van der Waals surface area contributed by atoms with Gasteiger partial charge < -0.3 is 14.8 Å². The number of nitrogens with zero attached hydrogens (tertiary/aromatic N) is 5. The summed E-state index contributed by atoms with van der Waals surface area (Å²) in [5.74, 6) is -3.51. The minimum absolute atomic E-state index is 0.0226. The Balaban J connectivity index is 0.000000384. The number of rotatable bonds is 5. The molecule has 4 aromatic rings. The number of carboxylic acid groups (broad SMARTS) is 1. The normalized spacial score (nSPS) is 13.9. The van der Waals surface area contributed by atoms with E-state index in [1.807, 2.05) is 28.8 Å². The van der Waals surface area contributed by atoms with E-state index >= 15 is 0 Å². The van der Waals surface area contributed by atoms with E-state index in [1.165, 1.54) is 6.20 Å². The second-order valence-corrected chi connectivity index (χ2v) is 7.63. The molecule has 2 N–H and O–H groups in total. The third-order valence-corrected chi connectivity index (χ3v) is 5.26. The summed E-state index contributed by atoms with van der Waals surface area (Å²) in [6.07, 6.45) is -6.43. The van der Waals surface area contributed by atoms with E-state index in [0.29, 0.717) is 17.8 Å². The van der Waals surface area contributed by atoms with E-state index in [1.54, 1.807) is 16.7 Å². The number of benzene rings is 1. The molecule has 0 aliphatic carbocycles. The monoisotopic (exact) mass is 512 g/mol. The van der Waals surface area contributed by atoms with Crippen LogP contribution in [-0.4, -0.2) is 54.7 Å². The molecular formula is C21H17F5N6O4. The standard InChI is InChI=1S/C19H16F2N6O2.C2HF3O2/c20-16(21)18-25-24-17(29-18)11-5-6-12(23-7-11)10-26-14-3-1-2-4-15(14)27(19(26)28)13-8-22-9-13;3-2(4,5)1(6)7/h1-7,13,16,22H,8-10H2;(H,6,7). The Morgan fingerprint density at radius 1 is 1.14 bits per heavy atom. The average Bonchev–Trinajstić information content (AvgIpc) is 3.39. The van der Waals surface area contributed by atoms with Crippen LogP contribution in [-0.2, 0) is 11.3 Å². The molecule has 10 nitrogen and oxygen atoms in total. The number of fused-ring (bicyclic) bond motifs is 1. The molecule has 0 unspecified atom stereocenters. The highest BCUT2D eigenvalue weighted by molar-refractivity contribution is 5.76. The van der Waals surface area contributed by atoms with Crippen LogP contribution < -0.4 is 11.0 Å². The molecule has 190 valence electrons. The Morgan fingerprint density at radius 2 is 1.81 bits per heavy atom. The first-order valence-electron chi connectivity index (χ1n) is 10.3. The minimum Gasteiger partial charge on any atom is -0.475 e. The fourth-order valence-electron chi connectivity index (χ4n) is 3.44. The lowest BCUT2D eigenvalue weighted by atomic mass is 10.1. The number of pyridine rings is 1. The van der Waals surface area contributed by atoms with Gasteiger partial charge in [0, 0.05) is 19.3 Å². The van der Waals surface area contributed by atoms with Gasteiger partial charge in [-0.1, -0.05) is 12.1 Å². The van der Waals surface area contributed by atoms with Crippen LogP contribution in [0, 0.1) is 0 Å². The molecule has 1 aliphatic rings. The molecule has 4 heterocycles. The molecule has 0 bridgehead atoms. The largest absolute Gasteiger partial charge is 0.490 e. The molecule has 1 saturated heterocycles. The lowest BCUT2D eigenvalue weighted by Gasteiger charge is -2.28. The molecule has 36 heavy (non-hydrogen) atoms. The Bertz CT molecular complexity index is 1420. The molecular weight excluding hydrogens is 495 g/mol.